The Bertz CT molecular complexity index is 1040. The molecule has 4 rings (SSSR count). The van der Waals surface area contributed by atoms with Crippen molar-refractivity contribution in [2.75, 3.05) is 46.4 Å². The average Bonchev–Trinajstić information content (AvgIpc) is 3.42. The number of piperazine rings is 1. The number of carbonyl (C=O) groups is 1. The highest BCUT2D eigenvalue weighted by Crippen LogP contribution is 2.17. The van der Waals surface area contributed by atoms with Gasteiger partial charge in [0.15, 0.2) is 0 Å². The monoisotopic (exact) mass is 467 g/mol. The molecule has 3 heterocycles. The molecule has 176 valence electrons. The van der Waals surface area contributed by atoms with E-state index in [1.165, 1.54) is 10.4 Å². The molecule has 8 heteroatoms. The molecule has 1 aliphatic rings. The van der Waals surface area contributed by atoms with E-state index in [0.29, 0.717) is 12.3 Å². The third-order valence-electron chi connectivity index (χ3n) is 5.91. The summed E-state index contributed by atoms with van der Waals surface area (Å²) in [6, 6.07) is 14.5. The number of hydrogen-bond donors (Lipinski definition) is 0. The van der Waals surface area contributed by atoms with Crippen molar-refractivity contribution in [3.63, 3.8) is 0 Å². The number of carbonyl (C=O) groups excluding carboxylic acids is 1. The van der Waals surface area contributed by atoms with Crippen LogP contribution in [-0.4, -0.2) is 76.8 Å². The lowest BCUT2D eigenvalue weighted by atomic mass is 10.2. The standard InChI is InChI=1S/C25H33N5O2S/c1-20-16-24(28(3)26-20)25(31)30-11-9-29(10-12-30)13-14-32-22-7-4-6-21(17-22)18-27(2)19-23-8-5-15-33-23/h4-8,15-17H,9-14,18-19H2,1-3H3. The van der Waals surface area contributed by atoms with Crippen molar-refractivity contribution < 1.29 is 9.53 Å². The summed E-state index contributed by atoms with van der Waals surface area (Å²) in [6.45, 7) is 8.44. The molecule has 1 fully saturated rings. The number of benzene rings is 1. The Labute approximate surface area is 200 Å². The van der Waals surface area contributed by atoms with Gasteiger partial charge in [-0.25, -0.2) is 0 Å². The van der Waals surface area contributed by atoms with E-state index in [2.05, 4.69) is 57.7 Å². The Morgan fingerprint density at radius 1 is 1.12 bits per heavy atom. The van der Waals surface area contributed by atoms with Crippen molar-refractivity contribution in [3.8, 4) is 5.75 Å². The number of aryl methyl sites for hydroxylation is 2. The second kappa shape index (κ2) is 11.0. The molecule has 0 radical (unpaired) electrons. The predicted molar refractivity (Wildman–Crippen MR) is 132 cm³/mol. The van der Waals surface area contributed by atoms with Crippen LogP contribution >= 0.6 is 11.3 Å². The maximum Gasteiger partial charge on any atom is 0.272 e. The van der Waals surface area contributed by atoms with E-state index in [9.17, 15) is 4.79 Å². The predicted octanol–water partition coefficient (Wildman–Crippen LogP) is 3.26. The molecule has 0 aliphatic carbocycles. The molecule has 1 aromatic carbocycles. The van der Waals surface area contributed by atoms with E-state index in [0.717, 1.165) is 57.3 Å². The molecule has 2 aromatic heterocycles. The SMILES string of the molecule is Cc1cc(C(=O)N2CCN(CCOc3cccc(CN(C)Cc4cccs4)c3)CC2)n(C)n1. The minimum Gasteiger partial charge on any atom is -0.492 e. The van der Waals surface area contributed by atoms with Gasteiger partial charge in [0, 0.05) is 57.7 Å². The zero-order valence-corrected chi connectivity index (χ0v) is 20.6. The second-order valence-corrected chi connectivity index (χ2v) is 9.71. The van der Waals surface area contributed by atoms with Gasteiger partial charge in [-0.1, -0.05) is 18.2 Å². The molecule has 0 N–H and O–H groups in total. The molecular formula is C25H33N5O2S. The van der Waals surface area contributed by atoms with Crippen LogP contribution < -0.4 is 4.74 Å². The van der Waals surface area contributed by atoms with Crippen LogP contribution in [0, 0.1) is 6.92 Å². The largest absolute Gasteiger partial charge is 0.492 e. The van der Waals surface area contributed by atoms with Crippen LogP contribution in [0.3, 0.4) is 0 Å². The molecule has 3 aromatic rings. The molecule has 0 bridgehead atoms. The summed E-state index contributed by atoms with van der Waals surface area (Å²) in [5.74, 6) is 0.979. The van der Waals surface area contributed by atoms with Gasteiger partial charge in [0.2, 0.25) is 0 Å². The van der Waals surface area contributed by atoms with Crippen molar-refractivity contribution in [2.45, 2.75) is 20.0 Å². The average molecular weight is 468 g/mol. The summed E-state index contributed by atoms with van der Waals surface area (Å²) in [4.78, 5) is 20.7. The highest BCUT2D eigenvalue weighted by Gasteiger charge is 2.24. The first-order valence-corrected chi connectivity index (χ1v) is 12.3. The smallest absolute Gasteiger partial charge is 0.272 e. The van der Waals surface area contributed by atoms with Gasteiger partial charge in [-0.05, 0) is 49.2 Å². The van der Waals surface area contributed by atoms with E-state index in [-0.39, 0.29) is 5.91 Å². The highest BCUT2D eigenvalue weighted by molar-refractivity contribution is 7.09. The van der Waals surface area contributed by atoms with Crippen molar-refractivity contribution in [1.29, 1.82) is 0 Å². The maximum absolute atomic E-state index is 12.8. The molecule has 1 saturated heterocycles. The lowest BCUT2D eigenvalue weighted by Gasteiger charge is -2.34. The van der Waals surface area contributed by atoms with Crippen molar-refractivity contribution >= 4 is 17.2 Å². The molecule has 1 aliphatic heterocycles. The summed E-state index contributed by atoms with van der Waals surface area (Å²) in [5.41, 5.74) is 2.78. The highest BCUT2D eigenvalue weighted by atomic mass is 32.1. The van der Waals surface area contributed by atoms with Crippen molar-refractivity contribution in [3.05, 3.63) is 69.7 Å². The van der Waals surface area contributed by atoms with Gasteiger partial charge >= 0.3 is 0 Å². The Balaban J connectivity index is 1.19. The number of aromatic nitrogens is 2. The summed E-state index contributed by atoms with van der Waals surface area (Å²) in [7, 11) is 3.97. The van der Waals surface area contributed by atoms with Gasteiger partial charge in [-0.15, -0.1) is 11.3 Å². The lowest BCUT2D eigenvalue weighted by Crippen LogP contribution is -2.49. The minimum absolute atomic E-state index is 0.0647. The zero-order chi connectivity index (χ0) is 23.2. The number of rotatable bonds is 9. The molecule has 0 saturated carbocycles. The van der Waals surface area contributed by atoms with E-state index in [1.54, 1.807) is 16.0 Å². The van der Waals surface area contributed by atoms with Crippen LogP contribution in [0.4, 0.5) is 0 Å². The first-order chi connectivity index (χ1) is 16.0. The summed E-state index contributed by atoms with van der Waals surface area (Å²) in [6.07, 6.45) is 0. The summed E-state index contributed by atoms with van der Waals surface area (Å²) >= 11 is 1.79. The van der Waals surface area contributed by atoms with Gasteiger partial charge in [0.05, 0.1) is 5.69 Å². The number of nitrogens with zero attached hydrogens (tertiary/aromatic N) is 5. The Hall–Kier alpha value is -2.68. The first-order valence-electron chi connectivity index (χ1n) is 11.4. The van der Waals surface area contributed by atoms with Crippen LogP contribution in [0.5, 0.6) is 5.75 Å². The molecule has 7 nitrogen and oxygen atoms in total. The van der Waals surface area contributed by atoms with E-state index in [4.69, 9.17) is 4.74 Å². The summed E-state index contributed by atoms with van der Waals surface area (Å²) in [5, 5.41) is 6.41. The molecule has 1 amide bonds. The van der Waals surface area contributed by atoms with E-state index >= 15 is 0 Å². The quantitative estimate of drug-likeness (QED) is 0.484. The minimum atomic E-state index is 0.0647. The molecule has 33 heavy (non-hydrogen) atoms. The third kappa shape index (κ3) is 6.43. The van der Waals surface area contributed by atoms with E-state index in [1.807, 2.05) is 31.0 Å². The number of thiophene rings is 1. The topological polar surface area (TPSA) is 53.8 Å². The Kier molecular flexibility index (Phi) is 7.80. The van der Waals surface area contributed by atoms with Crippen molar-refractivity contribution in [1.82, 2.24) is 24.5 Å². The van der Waals surface area contributed by atoms with Gasteiger partial charge in [-0.2, -0.15) is 5.10 Å². The molecular weight excluding hydrogens is 434 g/mol. The van der Waals surface area contributed by atoms with Gasteiger partial charge in [-0.3, -0.25) is 19.3 Å². The molecule has 0 unspecified atom stereocenters. The van der Waals surface area contributed by atoms with Crippen LogP contribution in [0.25, 0.3) is 0 Å². The van der Waals surface area contributed by atoms with E-state index < -0.39 is 0 Å². The number of ether oxygens (including phenoxy) is 1. The third-order valence-corrected chi connectivity index (χ3v) is 6.77. The zero-order valence-electron chi connectivity index (χ0n) is 19.7. The fraction of sp³-hybridized carbons (Fsp3) is 0.440. The maximum atomic E-state index is 12.8. The van der Waals surface area contributed by atoms with Gasteiger partial charge < -0.3 is 9.64 Å². The molecule has 0 spiro atoms. The normalized spacial score (nSPS) is 14.7. The van der Waals surface area contributed by atoms with Crippen LogP contribution in [0.2, 0.25) is 0 Å². The Morgan fingerprint density at radius 2 is 1.94 bits per heavy atom. The second-order valence-electron chi connectivity index (χ2n) is 8.68. The number of amides is 1. The van der Waals surface area contributed by atoms with Gasteiger partial charge in [0.25, 0.3) is 5.91 Å². The fourth-order valence-electron chi connectivity index (χ4n) is 4.21. The Morgan fingerprint density at radius 3 is 2.64 bits per heavy atom. The van der Waals surface area contributed by atoms with Crippen molar-refractivity contribution in [2.24, 2.45) is 7.05 Å². The van der Waals surface area contributed by atoms with Gasteiger partial charge in [0.1, 0.15) is 18.1 Å². The fourth-order valence-corrected chi connectivity index (χ4v) is 4.99. The first kappa shape index (κ1) is 23.5. The molecule has 0 atom stereocenters. The van der Waals surface area contributed by atoms with Crippen LogP contribution in [0.1, 0.15) is 26.6 Å². The summed E-state index contributed by atoms with van der Waals surface area (Å²) < 4.78 is 7.72. The number of hydrogen-bond acceptors (Lipinski definition) is 6. The lowest BCUT2D eigenvalue weighted by molar-refractivity contribution is 0.0610. The van der Waals surface area contributed by atoms with Crippen LogP contribution in [-0.2, 0) is 20.1 Å². The van der Waals surface area contributed by atoms with Crippen LogP contribution in [0.15, 0.2) is 47.8 Å².